The summed E-state index contributed by atoms with van der Waals surface area (Å²) in [5, 5.41) is 4.65. The maximum atomic E-state index is 13.0. The standard InChI is InChI=1S/C33H34N6O4.2C2H6/c1-2-5-27(40)26-16-23-20-35-33(37-32(23)39(26)24-6-3-4-7-24)36-30-11-9-22(19-34-30)21-8-10-25-28(41)18-31(43-29(25)17-21)38-12-14-42-15-13-38;2*1-2/h8-11,16-20,24H,2-7,12-15H2,1H3,(H,34,35,36,37);2*1-2H3. The molecular formula is C37H46N6O4. The van der Waals surface area contributed by atoms with E-state index in [0.717, 1.165) is 60.0 Å². The molecule has 248 valence electrons. The predicted octanol–water partition coefficient (Wildman–Crippen LogP) is 8.33. The van der Waals surface area contributed by atoms with E-state index in [-0.39, 0.29) is 17.3 Å². The molecular weight excluding hydrogens is 592 g/mol. The molecule has 7 rings (SSSR count). The smallest absolute Gasteiger partial charge is 0.230 e. The van der Waals surface area contributed by atoms with Crippen LogP contribution in [0.3, 0.4) is 0 Å². The van der Waals surface area contributed by atoms with Crippen LogP contribution in [0.5, 0.6) is 0 Å². The van der Waals surface area contributed by atoms with Crippen LogP contribution >= 0.6 is 0 Å². The number of hydrogen-bond acceptors (Lipinski definition) is 9. The van der Waals surface area contributed by atoms with E-state index >= 15 is 0 Å². The number of rotatable bonds is 8. The minimum atomic E-state index is -0.0649. The molecule has 5 aromatic rings. The van der Waals surface area contributed by atoms with Crippen molar-refractivity contribution in [3.8, 4) is 11.1 Å². The first kappa shape index (κ1) is 33.8. The van der Waals surface area contributed by atoms with E-state index in [1.807, 2.05) is 69.9 Å². The summed E-state index contributed by atoms with van der Waals surface area (Å²) in [6.07, 6.45) is 9.32. The van der Waals surface area contributed by atoms with Crippen molar-refractivity contribution >= 4 is 45.4 Å². The zero-order valence-electron chi connectivity index (χ0n) is 28.2. The van der Waals surface area contributed by atoms with Crippen molar-refractivity contribution < 1.29 is 13.9 Å². The van der Waals surface area contributed by atoms with Gasteiger partial charge >= 0.3 is 0 Å². The Morgan fingerprint density at radius 3 is 2.38 bits per heavy atom. The summed E-state index contributed by atoms with van der Waals surface area (Å²) in [4.78, 5) is 41.8. The molecule has 2 fully saturated rings. The van der Waals surface area contributed by atoms with Crippen LogP contribution in [-0.4, -0.2) is 51.6 Å². The number of nitrogens with zero attached hydrogens (tertiary/aromatic N) is 5. The van der Waals surface area contributed by atoms with Gasteiger partial charge in [0.15, 0.2) is 17.1 Å². The molecule has 2 aliphatic rings. The third-order valence-electron chi connectivity index (χ3n) is 8.40. The van der Waals surface area contributed by atoms with Gasteiger partial charge in [-0.25, -0.2) is 9.97 Å². The number of pyridine rings is 1. The molecule has 0 unspecified atom stereocenters. The molecule has 1 saturated heterocycles. The van der Waals surface area contributed by atoms with Gasteiger partial charge in [0.05, 0.1) is 24.3 Å². The Morgan fingerprint density at radius 1 is 0.936 bits per heavy atom. The van der Waals surface area contributed by atoms with Gasteiger partial charge in [0.2, 0.25) is 5.95 Å². The summed E-state index contributed by atoms with van der Waals surface area (Å²) in [5.41, 5.74) is 3.78. The molecule has 5 heterocycles. The number of anilines is 3. The fraction of sp³-hybridized carbons (Fsp3) is 0.432. The van der Waals surface area contributed by atoms with Gasteiger partial charge < -0.3 is 23.9 Å². The Hall–Kier alpha value is -4.57. The first-order valence-corrected chi connectivity index (χ1v) is 17.1. The monoisotopic (exact) mass is 638 g/mol. The fourth-order valence-electron chi connectivity index (χ4n) is 6.18. The van der Waals surface area contributed by atoms with Crippen LogP contribution in [0.2, 0.25) is 0 Å². The topological polar surface area (TPSA) is 115 Å². The van der Waals surface area contributed by atoms with Crippen LogP contribution in [0.1, 0.15) is 89.7 Å². The van der Waals surface area contributed by atoms with Crippen LogP contribution in [0, 0.1) is 0 Å². The number of ketones is 1. The Bertz CT molecular complexity index is 1850. The highest BCUT2D eigenvalue weighted by Gasteiger charge is 2.25. The number of benzene rings is 1. The average molecular weight is 639 g/mol. The molecule has 47 heavy (non-hydrogen) atoms. The van der Waals surface area contributed by atoms with Gasteiger partial charge in [-0.1, -0.05) is 53.5 Å². The van der Waals surface area contributed by atoms with E-state index in [2.05, 4.69) is 19.9 Å². The van der Waals surface area contributed by atoms with Crippen molar-refractivity contribution in [3.05, 3.63) is 70.8 Å². The number of fused-ring (bicyclic) bond motifs is 2. The van der Waals surface area contributed by atoms with Crippen molar-refractivity contribution in [2.45, 2.75) is 79.2 Å². The van der Waals surface area contributed by atoms with Crippen LogP contribution in [0.25, 0.3) is 33.1 Å². The quantitative estimate of drug-likeness (QED) is 0.167. The van der Waals surface area contributed by atoms with Crippen LogP contribution in [-0.2, 0) is 4.74 Å². The first-order chi connectivity index (χ1) is 23.1. The lowest BCUT2D eigenvalue weighted by Crippen LogP contribution is -2.36. The second-order valence-electron chi connectivity index (χ2n) is 11.3. The number of nitrogens with one attached hydrogen (secondary N) is 1. The highest BCUT2D eigenvalue weighted by atomic mass is 16.5. The van der Waals surface area contributed by atoms with Gasteiger partial charge in [-0.05, 0) is 55.2 Å². The summed E-state index contributed by atoms with van der Waals surface area (Å²) >= 11 is 0. The van der Waals surface area contributed by atoms with Gasteiger partial charge in [0.1, 0.15) is 17.0 Å². The highest BCUT2D eigenvalue weighted by Crippen LogP contribution is 2.35. The van der Waals surface area contributed by atoms with Gasteiger partial charge in [-0.2, -0.15) is 4.98 Å². The Kier molecular flexibility index (Phi) is 11.4. The number of Topliss-reactive ketones (excluding diaryl/α,β-unsaturated/α-hetero) is 1. The van der Waals surface area contributed by atoms with E-state index in [1.54, 1.807) is 24.5 Å². The SMILES string of the molecule is CC.CC.CCCC(=O)c1cc2cnc(Nc3ccc(-c4ccc5c(=O)cc(N6CCOCC6)oc5c4)cn3)nc2n1C1CCCC1. The maximum Gasteiger partial charge on any atom is 0.230 e. The largest absolute Gasteiger partial charge is 0.440 e. The second kappa shape index (κ2) is 15.8. The number of hydrogen-bond donors (Lipinski definition) is 1. The minimum absolute atomic E-state index is 0.0649. The Balaban J connectivity index is 0.00000105. The lowest BCUT2D eigenvalue weighted by molar-refractivity contribution is 0.0971. The molecule has 0 atom stereocenters. The lowest BCUT2D eigenvalue weighted by Gasteiger charge is -2.27. The number of ether oxygens (including phenoxy) is 1. The minimum Gasteiger partial charge on any atom is -0.440 e. The van der Waals surface area contributed by atoms with Crippen LogP contribution < -0.4 is 15.6 Å². The molecule has 0 amide bonds. The number of morpholine rings is 1. The summed E-state index contributed by atoms with van der Waals surface area (Å²) in [6, 6.07) is 13.2. The van der Waals surface area contributed by atoms with Crippen molar-refractivity contribution in [1.29, 1.82) is 0 Å². The predicted molar refractivity (Wildman–Crippen MR) is 189 cm³/mol. The number of aromatic nitrogens is 4. The molecule has 0 radical (unpaired) electrons. The van der Waals surface area contributed by atoms with Crippen LogP contribution in [0.4, 0.5) is 17.7 Å². The van der Waals surface area contributed by atoms with E-state index in [0.29, 0.717) is 61.3 Å². The zero-order chi connectivity index (χ0) is 33.3. The zero-order valence-corrected chi connectivity index (χ0v) is 28.2. The van der Waals surface area contributed by atoms with E-state index in [9.17, 15) is 9.59 Å². The maximum absolute atomic E-state index is 13.0. The normalized spacial score (nSPS) is 14.8. The third kappa shape index (κ3) is 7.38. The molecule has 1 aliphatic carbocycles. The van der Waals surface area contributed by atoms with Crippen molar-refractivity contribution in [1.82, 2.24) is 19.5 Å². The molecule has 1 saturated carbocycles. The van der Waals surface area contributed by atoms with E-state index in [1.165, 1.54) is 0 Å². The third-order valence-corrected chi connectivity index (χ3v) is 8.40. The number of carbonyl (C=O) groups is 1. The van der Waals surface area contributed by atoms with Crippen molar-refractivity contribution in [2.75, 3.05) is 36.5 Å². The van der Waals surface area contributed by atoms with Gasteiger partial charge in [-0.3, -0.25) is 9.59 Å². The van der Waals surface area contributed by atoms with Crippen molar-refractivity contribution in [3.63, 3.8) is 0 Å². The summed E-state index contributed by atoms with van der Waals surface area (Å²) in [5.74, 6) is 1.76. The molecule has 1 aromatic carbocycles. The molecule has 1 N–H and O–H groups in total. The van der Waals surface area contributed by atoms with Gasteiger partial charge in [0, 0.05) is 55.0 Å². The average Bonchev–Trinajstić information content (AvgIpc) is 3.79. The lowest BCUT2D eigenvalue weighted by atomic mass is 10.1. The Morgan fingerprint density at radius 2 is 1.68 bits per heavy atom. The Labute approximate surface area is 276 Å². The fourth-order valence-corrected chi connectivity index (χ4v) is 6.18. The van der Waals surface area contributed by atoms with Gasteiger partial charge in [0.25, 0.3) is 0 Å². The summed E-state index contributed by atoms with van der Waals surface area (Å²) in [6.45, 7) is 12.6. The van der Waals surface area contributed by atoms with E-state index < -0.39 is 0 Å². The molecule has 4 aromatic heterocycles. The summed E-state index contributed by atoms with van der Waals surface area (Å²) < 4.78 is 13.7. The second-order valence-corrected chi connectivity index (χ2v) is 11.3. The van der Waals surface area contributed by atoms with Crippen LogP contribution in [0.15, 0.2) is 64.1 Å². The molecule has 10 nitrogen and oxygen atoms in total. The summed E-state index contributed by atoms with van der Waals surface area (Å²) in [7, 11) is 0. The van der Waals surface area contributed by atoms with Gasteiger partial charge in [-0.15, -0.1) is 0 Å². The highest BCUT2D eigenvalue weighted by molar-refractivity contribution is 5.99. The van der Waals surface area contributed by atoms with E-state index in [4.69, 9.17) is 14.1 Å². The number of carbonyl (C=O) groups excluding carboxylic acids is 1. The van der Waals surface area contributed by atoms with Crippen molar-refractivity contribution in [2.24, 2.45) is 0 Å². The molecule has 1 aliphatic heterocycles. The molecule has 10 heteroatoms. The molecule has 0 bridgehead atoms. The molecule has 0 spiro atoms. The first-order valence-electron chi connectivity index (χ1n) is 17.1.